The Labute approximate surface area is 89.9 Å². The Bertz CT molecular complexity index is 478. The summed E-state index contributed by atoms with van der Waals surface area (Å²) in [5, 5.41) is 0. The molecule has 1 aliphatic carbocycles. The maximum absolute atomic E-state index is 4.47. The van der Waals surface area contributed by atoms with E-state index in [9.17, 15) is 0 Å². The van der Waals surface area contributed by atoms with Crippen LogP contribution in [0.4, 0.5) is 0 Å². The van der Waals surface area contributed by atoms with Gasteiger partial charge < -0.3 is 4.57 Å². The molecular formula is C13H16N2. The predicted octanol–water partition coefficient (Wildman–Crippen LogP) is 3.46. The van der Waals surface area contributed by atoms with Crippen LogP contribution in [0.1, 0.15) is 37.3 Å². The Balaban J connectivity index is 2.13. The van der Waals surface area contributed by atoms with E-state index in [4.69, 9.17) is 0 Å². The first-order valence-corrected chi connectivity index (χ1v) is 5.78. The van der Waals surface area contributed by atoms with Crippen molar-refractivity contribution in [3.05, 3.63) is 30.1 Å². The van der Waals surface area contributed by atoms with Crippen LogP contribution in [0.15, 0.2) is 24.5 Å². The molecule has 1 heterocycles. The van der Waals surface area contributed by atoms with Gasteiger partial charge in [-0.3, -0.25) is 0 Å². The number of hydrogen-bond donors (Lipinski definition) is 0. The quantitative estimate of drug-likeness (QED) is 0.689. The minimum Gasteiger partial charge on any atom is -0.327 e. The van der Waals surface area contributed by atoms with Gasteiger partial charge in [0.15, 0.2) is 0 Å². The third-order valence-electron chi connectivity index (χ3n) is 3.45. The number of nitrogens with zero attached hydrogens (tertiary/aromatic N) is 2. The highest BCUT2D eigenvalue weighted by Gasteiger charge is 2.18. The molecule has 0 spiro atoms. The van der Waals surface area contributed by atoms with Gasteiger partial charge in [-0.15, -0.1) is 0 Å². The summed E-state index contributed by atoms with van der Waals surface area (Å²) in [6.07, 6.45) is 7.39. The average Bonchev–Trinajstić information content (AvgIpc) is 2.83. The van der Waals surface area contributed by atoms with Crippen LogP contribution in [0, 0.1) is 6.92 Å². The molecule has 1 saturated carbocycles. The zero-order valence-electron chi connectivity index (χ0n) is 9.11. The van der Waals surface area contributed by atoms with Gasteiger partial charge >= 0.3 is 0 Å². The number of rotatable bonds is 1. The van der Waals surface area contributed by atoms with Crippen molar-refractivity contribution >= 4 is 11.0 Å². The van der Waals surface area contributed by atoms with Crippen LogP contribution in [-0.2, 0) is 0 Å². The average molecular weight is 200 g/mol. The van der Waals surface area contributed by atoms with Gasteiger partial charge in [0.25, 0.3) is 0 Å². The molecule has 2 heteroatoms. The third-order valence-corrected chi connectivity index (χ3v) is 3.45. The van der Waals surface area contributed by atoms with Gasteiger partial charge in [-0.25, -0.2) is 4.98 Å². The summed E-state index contributed by atoms with van der Waals surface area (Å²) in [4.78, 5) is 4.47. The number of fused-ring (bicyclic) bond motifs is 1. The molecule has 0 amide bonds. The summed E-state index contributed by atoms with van der Waals surface area (Å²) < 4.78 is 2.37. The molecule has 0 bridgehead atoms. The van der Waals surface area contributed by atoms with Gasteiger partial charge in [-0.05, 0) is 37.5 Å². The zero-order chi connectivity index (χ0) is 10.3. The summed E-state index contributed by atoms with van der Waals surface area (Å²) in [5.41, 5.74) is 3.76. The molecule has 1 aliphatic rings. The second-order valence-corrected chi connectivity index (χ2v) is 4.58. The summed E-state index contributed by atoms with van der Waals surface area (Å²) in [6, 6.07) is 7.20. The smallest absolute Gasteiger partial charge is 0.0960 e. The maximum Gasteiger partial charge on any atom is 0.0960 e. The molecule has 78 valence electrons. The molecule has 2 aromatic rings. The van der Waals surface area contributed by atoms with E-state index in [0.29, 0.717) is 6.04 Å². The van der Waals surface area contributed by atoms with E-state index in [-0.39, 0.29) is 0 Å². The van der Waals surface area contributed by atoms with Crippen molar-refractivity contribution in [2.24, 2.45) is 0 Å². The van der Waals surface area contributed by atoms with Crippen LogP contribution >= 0.6 is 0 Å². The van der Waals surface area contributed by atoms with Crippen molar-refractivity contribution in [3.63, 3.8) is 0 Å². The monoisotopic (exact) mass is 200 g/mol. The van der Waals surface area contributed by atoms with E-state index in [1.54, 1.807) is 0 Å². The van der Waals surface area contributed by atoms with Crippen LogP contribution < -0.4 is 0 Å². The largest absolute Gasteiger partial charge is 0.327 e. The van der Waals surface area contributed by atoms with E-state index in [2.05, 4.69) is 34.7 Å². The van der Waals surface area contributed by atoms with Crippen LogP contribution in [0.5, 0.6) is 0 Å². The first kappa shape index (κ1) is 8.96. The van der Waals surface area contributed by atoms with Crippen LogP contribution in [-0.4, -0.2) is 9.55 Å². The van der Waals surface area contributed by atoms with Gasteiger partial charge in [0, 0.05) is 6.04 Å². The Morgan fingerprint density at radius 1 is 1.27 bits per heavy atom. The van der Waals surface area contributed by atoms with Crippen LogP contribution in [0.3, 0.4) is 0 Å². The number of imidazole rings is 1. The molecule has 1 fully saturated rings. The molecule has 0 radical (unpaired) electrons. The normalized spacial score (nSPS) is 17.7. The van der Waals surface area contributed by atoms with E-state index in [1.807, 2.05) is 6.33 Å². The van der Waals surface area contributed by atoms with Gasteiger partial charge in [-0.2, -0.15) is 0 Å². The molecule has 1 aromatic carbocycles. The Kier molecular flexibility index (Phi) is 2.01. The van der Waals surface area contributed by atoms with Gasteiger partial charge in [0.05, 0.1) is 17.4 Å². The van der Waals surface area contributed by atoms with Crippen LogP contribution in [0.2, 0.25) is 0 Å². The van der Waals surface area contributed by atoms with Crippen LogP contribution in [0.25, 0.3) is 11.0 Å². The van der Waals surface area contributed by atoms with Crippen molar-refractivity contribution in [1.82, 2.24) is 9.55 Å². The lowest BCUT2D eigenvalue weighted by atomic mass is 10.2. The Morgan fingerprint density at radius 3 is 2.87 bits per heavy atom. The third kappa shape index (κ3) is 1.44. The van der Waals surface area contributed by atoms with Gasteiger partial charge in [0.1, 0.15) is 0 Å². The summed E-state index contributed by atoms with van der Waals surface area (Å²) in [7, 11) is 0. The zero-order valence-corrected chi connectivity index (χ0v) is 9.11. The molecule has 0 aliphatic heterocycles. The molecule has 0 atom stereocenters. The maximum atomic E-state index is 4.47. The lowest BCUT2D eigenvalue weighted by molar-refractivity contribution is 0.532. The fourth-order valence-electron chi connectivity index (χ4n) is 2.61. The first-order chi connectivity index (χ1) is 7.34. The fraction of sp³-hybridized carbons (Fsp3) is 0.462. The molecule has 0 N–H and O–H groups in total. The van der Waals surface area contributed by atoms with Crippen molar-refractivity contribution in [2.45, 2.75) is 38.6 Å². The summed E-state index contributed by atoms with van der Waals surface area (Å²) in [6.45, 7) is 2.14. The molecule has 0 saturated heterocycles. The molecule has 15 heavy (non-hydrogen) atoms. The van der Waals surface area contributed by atoms with Crippen molar-refractivity contribution in [2.75, 3.05) is 0 Å². The topological polar surface area (TPSA) is 17.8 Å². The number of benzene rings is 1. The minimum absolute atomic E-state index is 0.691. The van der Waals surface area contributed by atoms with E-state index in [0.717, 1.165) is 5.52 Å². The highest BCUT2D eigenvalue weighted by atomic mass is 15.1. The van der Waals surface area contributed by atoms with Crippen molar-refractivity contribution in [1.29, 1.82) is 0 Å². The SMILES string of the molecule is Cc1ccc2ncn(C3CCCC3)c2c1. The van der Waals surface area contributed by atoms with E-state index >= 15 is 0 Å². The second-order valence-electron chi connectivity index (χ2n) is 4.58. The highest BCUT2D eigenvalue weighted by molar-refractivity contribution is 5.76. The molecule has 2 nitrogen and oxygen atoms in total. The Morgan fingerprint density at radius 2 is 2.07 bits per heavy atom. The lowest BCUT2D eigenvalue weighted by Gasteiger charge is -2.12. The van der Waals surface area contributed by atoms with E-state index < -0.39 is 0 Å². The lowest BCUT2D eigenvalue weighted by Crippen LogP contribution is -2.02. The number of aromatic nitrogens is 2. The van der Waals surface area contributed by atoms with Gasteiger partial charge in [0.2, 0.25) is 0 Å². The highest BCUT2D eigenvalue weighted by Crippen LogP contribution is 2.32. The minimum atomic E-state index is 0.691. The standard InChI is InChI=1S/C13H16N2/c1-10-6-7-12-13(8-10)15(9-14-12)11-4-2-3-5-11/h6-9,11H,2-5H2,1H3. The van der Waals surface area contributed by atoms with Crippen molar-refractivity contribution < 1.29 is 0 Å². The van der Waals surface area contributed by atoms with E-state index in [1.165, 1.54) is 36.8 Å². The first-order valence-electron chi connectivity index (χ1n) is 5.78. The molecule has 3 rings (SSSR count). The summed E-state index contributed by atoms with van der Waals surface area (Å²) >= 11 is 0. The second kappa shape index (κ2) is 3.37. The number of hydrogen-bond acceptors (Lipinski definition) is 1. The number of aryl methyl sites for hydroxylation is 1. The Hall–Kier alpha value is -1.31. The van der Waals surface area contributed by atoms with Crippen molar-refractivity contribution in [3.8, 4) is 0 Å². The summed E-state index contributed by atoms with van der Waals surface area (Å²) in [5.74, 6) is 0. The van der Waals surface area contributed by atoms with Gasteiger partial charge in [-0.1, -0.05) is 18.9 Å². The fourth-order valence-corrected chi connectivity index (χ4v) is 2.61. The molecule has 1 aromatic heterocycles. The predicted molar refractivity (Wildman–Crippen MR) is 62.0 cm³/mol. The molecular weight excluding hydrogens is 184 g/mol. The molecule has 0 unspecified atom stereocenters.